The van der Waals surface area contributed by atoms with E-state index in [1.165, 1.54) is 0 Å². The average molecular weight is 440 g/mol. The largest absolute Gasteiger partial charge is 0.495 e. The van der Waals surface area contributed by atoms with Crippen LogP contribution < -0.4 is 9.64 Å². The van der Waals surface area contributed by atoms with E-state index in [-0.39, 0.29) is 5.91 Å². The summed E-state index contributed by atoms with van der Waals surface area (Å²) < 4.78 is 7.25. The van der Waals surface area contributed by atoms with Crippen LogP contribution in [-0.2, 0) is 0 Å². The highest BCUT2D eigenvalue weighted by atomic mass is 16.5. The lowest BCUT2D eigenvalue weighted by atomic mass is 10.1. The third-order valence-electron chi connectivity index (χ3n) is 5.91. The number of carbonyl (C=O) groups excluding carboxylic acids is 1. The van der Waals surface area contributed by atoms with Crippen LogP contribution in [0.2, 0.25) is 0 Å². The molecular weight excluding hydrogens is 414 g/mol. The van der Waals surface area contributed by atoms with Gasteiger partial charge in [-0.2, -0.15) is 0 Å². The Hall–Kier alpha value is -4.13. The number of para-hydroxylation sites is 3. The third-order valence-corrected chi connectivity index (χ3v) is 5.91. The Labute approximate surface area is 192 Å². The van der Waals surface area contributed by atoms with Gasteiger partial charge in [-0.05, 0) is 24.3 Å². The number of hydrogen-bond donors (Lipinski definition) is 0. The number of carbonyl (C=O) groups is 1. The number of methoxy groups -OCH3 is 1. The lowest BCUT2D eigenvalue weighted by Gasteiger charge is -2.36. The fourth-order valence-electron chi connectivity index (χ4n) is 4.22. The van der Waals surface area contributed by atoms with Crippen molar-refractivity contribution in [2.24, 2.45) is 0 Å². The first-order valence-corrected chi connectivity index (χ1v) is 11.0. The summed E-state index contributed by atoms with van der Waals surface area (Å²) in [5, 5.41) is 8.69. The second-order valence-electron chi connectivity index (χ2n) is 7.85. The van der Waals surface area contributed by atoms with Crippen LogP contribution in [0, 0.1) is 0 Å². The molecular formula is C26H25N5O2. The van der Waals surface area contributed by atoms with E-state index in [1.807, 2.05) is 83.8 Å². The number of nitrogens with zero attached hydrogens (tertiary/aromatic N) is 5. The van der Waals surface area contributed by atoms with Crippen molar-refractivity contribution in [1.82, 2.24) is 19.9 Å². The molecule has 4 aromatic rings. The lowest BCUT2D eigenvalue weighted by Crippen LogP contribution is -2.49. The molecule has 1 aromatic heterocycles. The summed E-state index contributed by atoms with van der Waals surface area (Å²) in [6.07, 6.45) is 0. The second-order valence-corrected chi connectivity index (χ2v) is 7.85. The van der Waals surface area contributed by atoms with Gasteiger partial charge in [0.25, 0.3) is 5.91 Å². The predicted molar refractivity (Wildman–Crippen MR) is 128 cm³/mol. The molecule has 0 spiro atoms. The van der Waals surface area contributed by atoms with E-state index in [1.54, 1.807) is 11.8 Å². The maximum Gasteiger partial charge on any atom is 0.276 e. The molecule has 1 fully saturated rings. The monoisotopic (exact) mass is 439 g/mol. The fraction of sp³-hybridized carbons (Fsp3) is 0.192. The Morgan fingerprint density at radius 1 is 0.818 bits per heavy atom. The number of benzene rings is 3. The lowest BCUT2D eigenvalue weighted by molar-refractivity contribution is 0.0741. The highest BCUT2D eigenvalue weighted by Gasteiger charge is 2.29. The SMILES string of the molecule is COc1ccccc1N1CCN(C(=O)c2nnn(-c3ccccc3)c2-c2ccccc2)CC1. The number of rotatable bonds is 5. The van der Waals surface area contributed by atoms with Crippen molar-refractivity contribution in [2.45, 2.75) is 0 Å². The Kier molecular flexibility index (Phi) is 5.76. The molecule has 3 aromatic carbocycles. The van der Waals surface area contributed by atoms with Crippen molar-refractivity contribution in [3.05, 3.63) is 90.6 Å². The van der Waals surface area contributed by atoms with E-state index >= 15 is 0 Å². The Morgan fingerprint density at radius 2 is 1.45 bits per heavy atom. The zero-order valence-corrected chi connectivity index (χ0v) is 18.5. The summed E-state index contributed by atoms with van der Waals surface area (Å²) in [5.74, 6) is 0.741. The van der Waals surface area contributed by atoms with Gasteiger partial charge in [-0.15, -0.1) is 5.10 Å². The summed E-state index contributed by atoms with van der Waals surface area (Å²) in [6.45, 7) is 2.64. The number of piperazine rings is 1. The molecule has 1 aliphatic rings. The number of hydrogen-bond acceptors (Lipinski definition) is 5. The number of aromatic nitrogens is 3. The van der Waals surface area contributed by atoms with Crippen LogP contribution in [0.1, 0.15) is 10.5 Å². The number of anilines is 1. The molecule has 0 radical (unpaired) electrons. The summed E-state index contributed by atoms with van der Waals surface area (Å²) in [7, 11) is 1.68. The summed E-state index contributed by atoms with van der Waals surface area (Å²) >= 11 is 0. The smallest absolute Gasteiger partial charge is 0.276 e. The van der Waals surface area contributed by atoms with Gasteiger partial charge in [0, 0.05) is 31.7 Å². The van der Waals surface area contributed by atoms with E-state index in [0.717, 1.165) is 35.8 Å². The highest BCUT2D eigenvalue weighted by Crippen LogP contribution is 2.30. The molecule has 7 heteroatoms. The maximum absolute atomic E-state index is 13.6. The molecule has 2 heterocycles. The molecule has 0 atom stereocenters. The predicted octanol–water partition coefficient (Wildman–Crippen LogP) is 3.91. The van der Waals surface area contributed by atoms with Gasteiger partial charge in [0.15, 0.2) is 5.69 Å². The van der Waals surface area contributed by atoms with Crippen LogP contribution in [0.5, 0.6) is 5.75 Å². The zero-order chi connectivity index (χ0) is 22.6. The maximum atomic E-state index is 13.6. The van der Waals surface area contributed by atoms with Crippen LogP contribution in [0.15, 0.2) is 84.9 Å². The van der Waals surface area contributed by atoms with E-state index < -0.39 is 0 Å². The van der Waals surface area contributed by atoms with Crippen LogP contribution in [0.3, 0.4) is 0 Å². The van der Waals surface area contributed by atoms with E-state index in [2.05, 4.69) is 21.3 Å². The quantitative estimate of drug-likeness (QED) is 0.472. The minimum absolute atomic E-state index is 0.101. The van der Waals surface area contributed by atoms with Gasteiger partial charge < -0.3 is 14.5 Å². The molecule has 1 amide bonds. The molecule has 1 aliphatic heterocycles. The summed E-state index contributed by atoms with van der Waals surface area (Å²) in [6, 6.07) is 27.6. The third kappa shape index (κ3) is 4.05. The minimum atomic E-state index is -0.101. The van der Waals surface area contributed by atoms with Gasteiger partial charge >= 0.3 is 0 Å². The molecule has 1 saturated heterocycles. The summed E-state index contributed by atoms with van der Waals surface area (Å²) in [5.41, 5.74) is 3.90. The van der Waals surface area contributed by atoms with Crippen molar-refractivity contribution >= 4 is 11.6 Å². The van der Waals surface area contributed by atoms with Crippen molar-refractivity contribution in [3.63, 3.8) is 0 Å². The Balaban J connectivity index is 1.42. The topological polar surface area (TPSA) is 63.5 Å². The molecule has 0 N–H and O–H groups in total. The number of amides is 1. The normalized spacial score (nSPS) is 13.7. The zero-order valence-electron chi connectivity index (χ0n) is 18.5. The average Bonchev–Trinajstić information content (AvgIpc) is 3.34. The van der Waals surface area contributed by atoms with E-state index in [4.69, 9.17) is 4.74 Å². The van der Waals surface area contributed by atoms with Gasteiger partial charge in [0.05, 0.1) is 18.5 Å². The molecule has 166 valence electrons. The van der Waals surface area contributed by atoms with Crippen molar-refractivity contribution in [1.29, 1.82) is 0 Å². The first kappa shape index (κ1) is 20.8. The minimum Gasteiger partial charge on any atom is -0.495 e. The van der Waals surface area contributed by atoms with Gasteiger partial charge in [-0.3, -0.25) is 4.79 Å². The van der Waals surface area contributed by atoms with Crippen LogP contribution in [0.25, 0.3) is 16.9 Å². The Morgan fingerprint density at radius 3 is 2.15 bits per heavy atom. The van der Waals surface area contributed by atoms with Gasteiger partial charge in [-0.25, -0.2) is 4.68 Å². The van der Waals surface area contributed by atoms with Crippen LogP contribution in [-0.4, -0.2) is 59.1 Å². The van der Waals surface area contributed by atoms with E-state index in [9.17, 15) is 4.79 Å². The second kappa shape index (κ2) is 9.16. The standard InChI is InChI=1S/C26H25N5O2/c1-33-23-15-9-8-14-22(23)29-16-18-30(19-17-29)26(32)24-25(20-10-4-2-5-11-20)31(28-27-24)21-12-6-3-7-13-21/h2-15H,16-19H2,1H3. The van der Waals surface area contributed by atoms with Gasteiger partial charge in [0.1, 0.15) is 11.4 Å². The Bertz CT molecular complexity index is 1230. The molecule has 0 unspecified atom stereocenters. The van der Waals surface area contributed by atoms with Crippen molar-refractivity contribution in [2.75, 3.05) is 38.2 Å². The molecule has 0 bridgehead atoms. The van der Waals surface area contributed by atoms with E-state index in [0.29, 0.717) is 24.5 Å². The molecule has 0 aliphatic carbocycles. The highest BCUT2D eigenvalue weighted by molar-refractivity contribution is 5.98. The van der Waals surface area contributed by atoms with Crippen LogP contribution in [0.4, 0.5) is 5.69 Å². The van der Waals surface area contributed by atoms with Crippen LogP contribution >= 0.6 is 0 Å². The molecule has 7 nitrogen and oxygen atoms in total. The molecule has 0 saturated carbocycles. The molecule has 33 heavy (non-hydrogen) atoms. The first-order valence-electron chi connectivity index (χ1n) is 11.0. The fourth-order valence-corrected chi connectivity index (χ4v) is 4.22. The van der Waals surface area contributed by atoms with Gasteiger partial charge in [-0.1, -0.05) is 65.9 Å². The van der Waals surface area contributed by atoms with Crippen molar-refractivity contribution < 1.29 is 9.53 Å². The first-order chi connectivity index (χ1) is 16.3. The van der Waals surface area contributed by atoms with Gasteiger partial charge in [0.2, 0.25) is 0 Å². The number of ether oxygens (including phenoxy) is 1. The van der Waals surface area contributed by atoms with Crippen molar-refractivity contribution in [3.8, 4) is 22.7 Å². The summed E-state index contributed by atoms with van der Waals surface area (Å²) in [4.78, 5) is 17.7. The molecule has 5 rings (SSSR count).